The molecule has 0 spiro atoms. The fraction of sp³-hybridized carbons (Fsp3) is 0.171. The van der Waals surface area contributed by atoms with Gasteiger partial charge in [-0.3, -0.25) is 0 Å². The zero-order valence-electron chi connectivity index (χ0n) is 42.1. The second-order valence-corrected chi connectivity index (χ2v) is 22.0. The maximum absolute atomic E-state index is 5.56. The molecule has 4 aliphatic rings. The Morgan fingerprint density at radius 2 is 0.787 bits per heavy atom. The van der Waals surface area contributed by atoms with Crippen molar-refractivity contribution < 1.29 is 0 Å². The van der Waals surface area contributed by atoms with E-state index in [1.807, 2.05) is 0 Å². The molecule has 0 radical (unpaired) electrons. The van der Waals surface area contributed by atoms with Crippen molar-refractivity contribution >= 4 is 66.7 Å². The van der Waals surface area contributed by atoms with Gasteiger partial charge in [0, 0.05) is 60.6 Å². The molecule has 2 fully saturated rings. The summed E-state index contributed by atoms with van der Waals surface area (Å²) in [6.45, 7) is 0.0239. The van der Waals surface area contributed by atoms with Crippen LogP contribution in [0.3, 0.4) is 0 Å². The van der Waals surface area contributed by atoms with Crippen molar-refractivity contribution in [2.24, 2.45) is 0 Å². The molecule has 16 rings (SSSR count). The zero-order chi connectivity index (χ0) is 49.1. The smallest absolute Gasteiger partial charge is 0.252 e. The highest BCUT2D eigenvalue weighted by atomic mass is 15.0. The zero-order valence-corrected chi connectivity index (χ0v) is 42.1. The molecule has 0 N–H and O–H groups in total. The molecule has 0 unspecified atom stereocenters. The molecule has 2 saturated carbocycles. The third-order valence-corrected chi connectivity index (χ3v) is 17.9. The first-order valence-corrected chi connectivity index (χ1v) is 27.7. The van der Waals surface area contributed by atoms with Gasteiger partial charge in [-0.25, -0.2) is 9.97 Å². The van der Waals surface area contributed by atoms with Gasteiger partial charge in [0.1, 0.15) is 0 Å². The Hall–Kier alpha value is -8.28. The summed E-state index contributed by atoms with van der Waals surface area (Å²) < 4.78 is 5.38. The third kappa shape index (κ3) is 6.69. The van der Waals surface area contributed by atoms with Crippen LogP contribution >= 0.6 is 0 Å². The van der Waals surface area contributed by atoms with E-state index in [2.05, 4.69) is 209 Å². The van der Waals surface area contributed by atoms with Crippen molar-refractivity contribution in [3.05, 3.63) is 211 Å². The summed E-state index contributed by atoms with van der Waals surface area (Å²) in [4.78, 5) is 10.9. The fourth-order valence-corrected chi connectivity index (χ4v) is 14.5. The molecule has 75 heavy (non-hydrogen) atoms. The van der Waals surface area contributed by atoms with Gasteiger partial charge in [0.05, 0.1) is 22.4 Å². The Morgan fingerprint density at radius 3 is 1.25 bits per heavy atom. The number of hydrogen-bond donors (Lipinski definition) is 0. The van der Waals surface area contributed by atoms with Gasteiger partial charge in [-0.15, -0.1) is 0 Å². The minimum Gasteiger partial charge on any atom is -0.310 e. The van der Waals surface area contributed by atoms with E-state index in [1.54, 1.807) is 0 Å². The first-order chi connectivity index (χ1) is 37.2. The van der Waals surface area contributed by atoms with Crippen LogP contribution in [0, 0.1) is 0 Å². The highest BCUT2D eigenvalue weighted by molar-refractivity contribution is 7.00. The average molecular weight is 963 g/mol. The molecule has 12 aromatic rings. The van der Waals surface area contributed by atoms with Crippen LogP contribution in [-0.4, -0.2) is 25.8 Å². The van der Waals surface area contributed by atoms with Gasteiger partial charge >= 0.3 is 0 Å². The Balaban J connectivity index is 1.06. The van der Waals surface area contributed by atoms with Crippen molar-refractivity contribution in [1.82, 2.24) is 19.1 Å². The molecule has 0 amide bonds. The number of nitrogens with zero attached hydrogens (tertiary/aromatic N) is 4. The number of rotatable bonds is 7. The quantitative estimate of drug-likeness (QED) is 0.149. The minimum absolute atomic E-state index is 0.0239. The Labute approximate surface area is 438 Å². The topological polar surface area (TPSA) is 35.6 Å². The number of benzene rings is 9. The molecule has 0 atom stereocenters. The maximum atomic E-state index is 5.56. The van der Waals surface area contributed by atoms with Crippen LogP contribution in [0.2, 0.25) is 0 Å². The molecule has 4 nitrogen and oxygen atoms in total. The first kappa shape index (κ1) is 43.2. The van der Waals surface area contributed by atoms with E-state index in [1.165, 1.54) is 169 Å². The van der Waals surface area contributed by atoms with E-state index >= 15 is 0 Å². The van der Waals surface area contributed by atoms with Crippen LogP contribution in [0.1, 0.15) is 87.2 Å². The van der Waals surface area contributed by atoms with E-state index in [4.69, 9.17) is 9.97 Å². The van der Waals surface area contributed by atoms with Crippen molar-refractivity contribution in [3.8, 4) is 67.5 Å². The van der Waals surface area contributed by atoms with Crippen LogP contribution in [-0.2, 0) is 0 Å². The van der Waals surface area contributed by atoms with Gasteiger partial charge in [-0.1, -0.05) is 196 Å². The first-order valence-electron chi connectivity index (χ1n) is 27.7. The lowest BCUT2D eigenvalue weighted by atomic mass is 9.34. The Bertz CT molecular complexity index is 3970. The molecular formula is C70H55BN4. The minimum atomic E-state index is 0.0239. The van der Waals surface area contributed by atoms with Gasteiger partial charge in [-0.05, 0) is 130 Å². The van der Waals surface area contributed by atoms with Crippen LogP contribution in [0.15, 0.2) is 200 Å². The molecule has 0 saturated heterocycles. The van der Waals surface area contributed by atoms with Crippen molar-refractivity contribution in [2.75, 3.05) is 0 Å². The Kier molecular flexibility index (Phi) is 9.87. The molecular weight excluding hydrogens is 908 g/mol. The molecule has 5 heteroatoms. The number of hydrogen-bond acceptors (Lipinski definition) is 2. The molecule has 5 heterocycles. The van der Waals surface area contributed by atoms with E-state index in [0.29, 0.717) is 11.8 Å². The van der Waals surface area contributed by atoms with E-state index in [0.717, 1.165) is 33.9 Å². The van der Waals surface area contributed by atoms with Gasteiger partial charge in [0.2, 0.25) is 0 Å². The number of aromatic nitrogens is 4. The third-order valence-electron chi connectivity index (χ3n) is 17.9. The largest absolute Gasteiger partial charge is 0.310 e. The van der Waals surface area contributed by atoms with E-state index in [9.17, 15) is 0 Å². The summed E-state index contributed by atoms with van der Waals surface area (Å²) in [6, 6.07) is 75.3. The summed E-state index contributed by atoms with van der Waals surface area (Å²) in [7, 11) is 0. The lowest BCUT2D eigenvalue weighted by Crippen LogP contribution is -2.59. The monoisotopic (exact) mass is 962 g/mol. The summed E-state index contributed by atoms with van der Waals surface area (Å²) in [5.41, 5.74) is 25.0. The van der Waals surface area contributed by atoms with E-state index < -0.39 is 0 Å². The van der Waals surface area contributed by atoms with Crippen molar-refractivity contribution in [2.45, 2.75) is 76.0 Å². The van der Waals surface area contributed by atoms with Crippen molar-refractivity contribution in [3.63, 3.8) is 0 Å². The lowest BCUT2D eigenvalue weighted by molar-refractivity contribution is 0.445. The van der Waals surface area contributed by atoms with Gasteiger partial charge < -0.3 is 9.13 Å². The van der Waals surface area contributed by atoms with Crippen LogP contribution in [0.5, 0.6) is 0 Å². The van der Waals surface area contributed by atoms with Gasteiger partial charge in [0.15, 0.2) is 5.82 Å². The van der Waals surface area contributed by atoms with Crippen LogP contribution in [0.25, 0.3) is 111 Å². The van der Waals surface area contributed by atoms with Crippen LogP contribution in [0.4, 0.5) is 0 Å². The standard InChI is InChI=1S/C70H55BN4/c1-7-19-44(20-8-1)50-31-37-61-55(39-50)65-53(46-23-11-3-12-24-46)33-35-57-68(65)74(61)63-41-52(60-43-59(48-27-15-5-16-28-48)72-70(73-60)49-29-17-6-18-30-49)42-64-67(63)71(57)58-36-34-54(47-25-13-4-14-26-47)66-56-40-51(45-21-9-2-10-22-45)32-38-62(56)75(64)69(58)66/h1-2,5-10,15-22,27-43,46-47H,3-4,11-14,23-26H2. The van der Waals surface area contributed by atoms with E-state index in [-0.39, 0.29) is 6.71 Å². The second kappa shape index (κ2) is 17.1. The molecule has 0 bridgehead atoms. The fourth-order valence-electron chi connectivity index (χ4n) is 14.5. The molecule has 358 valence electrons. The highest BCUT2D eigenvalue weighted by Crippen LogP contribution is 2.48. The van der Waals surface area contributed by atoms with Gasteiger partial charge in [0.25, 0.3) is 6.71 Å². The summed E-state index contributed by atoms with van der Waals surface area (Å²) >= 11 is 0. The molecule has 3 aromatic heterocycles. The maximum Gasteiger partial charge on any atom is 0.252 e. The highest BCUT2D eigenvalue weighted by Gasteiger charge is 2.43. The molecule has 9 aromatic carbocycles. The average Bonchev–Trinajstić information content (AvgIpc) is 4.05. The van der Waals surface area contributed by atoms with Crippen LogP contribution < -0.4 is 16.4 Å². The number of fused-ring (bicyclic) bond motifs is 10. The molecule has 2 aliphatic heterocycles. The van der Waals surface area contributed by atoms with Crippen molar-refractivity contribution in [1.29, 1.82) is 0 Å². The Morgan fingerprint density at radius 1 is 0.360 bits per heavy atom. The predicted molar refractivity (Wildman–Crippen MR) is 314 cm³/mol. The predicted octanol–water partition coefficient (Wildman–Crippen LogP) is 16.2. The SMILES string of the molecule is c1ccc(-c2ccc3c(c2)c2c(C4CCCCC4)ccc4c2n3-c2cc(-c3cc(-c5ccccc5)nc(-c5ccccc5)n3)cc3c2B4c2ccc(C4CCCCC4)c4c5cc(-c6ccccc6)ccc5n-3c24)cc1. The summed E-state index contributed by atoms with van der Waals surface area (Å²) in [5.74, 6) is 1.78. The second-order valence-electron chi connectivity index (χ2n) is 22.0. The lowest BCUT2D eigenvalue weighted by Gasteiger charge is -2.35. The summed E-state index contributed by atoms with van der Waals surface area (Å²) in [5, 5.41) is 5.58. The van der Waals surface area contributed by atoms with Gasteiger partial charge in [-0.2, -0.15) is 0 Å². The normalized spacial score (nSPS) is 15.3. The molecule has 2 aliphatic carbocycles. The summed E-state index contributed by atoms with van der Waals surface area (Å²) in [6.07, 6.45) is 12.8.